The predicted molar refractivity (Wildman–Crippen MR) is 88.4 cm³/mol. The van der Waals surface area contributed by atoms with Gasteiger partial charge < -0.3 is 5.32 Å². The number of fused-ring (bicyclic) bond motifs is 1. The minimum atomic E-state index is -0.0227. The van der Waals surface area contributed by atoms with Crippen molar-refractivity contribution < 1.29 is 4.79 Å². The van der Waals surface area contributed by atoms with Gasteiger partial charge in [0.2, 0.25) is 5.91 Å². The van der Waals surface area contributed by atoms with Crippen LogP contribution in [0, 0.1) is 0 Å². The standard InChI is InChI=1S/C19H18N2O/c1-14(15-9-11-20-12-10-15)21-19(22)13-17-7-4-6-16-5-2-3-8-18(16)17/h2-12,14H,13H2,1H3,(H,21,22). The highest BCUT2D eigenvalue weighted by molar-refractivity contribution is 5.90. The minimum absolute atomic E-state index is 0.0227. The smallest absolute Gasteiger partial charge is 0.224 e. The molecule has 0 bridgehead atoms. The van der Waals surface area contributed by atoms with Crippen molar-refractivity contribution in [1.29, 1.82) is 0 Å². The van der Waals surface area contributed by atoms with E-state index in [2.05, 4.69) is 28.5 Å². The molecule has 1 amide bonds. The monoisotopic (exact) mass is 290 g/mol. The largest absolute Gasteiger partial charge is 0.349 e. The molecular weight excluding hydrogens is 272 g/mol. The van der Waals surface area contributed by atoms with E-state index in [-0.39, 0.29) is 11.9 Å². The van der Waals surface area contributed by atoms with E-state index in [1.54, 1.807) is 12.4 Å². The number of carbonyl (C=O) groups is 1. The molecule has 1 aromatic heterocycles. The Balaban J connectivity index is 1.74. The molecule has 0 radical (unpaired) electrons. The molecule has 110 valence electrons. The molecule has 1 N–H and O–H groups in total. The number of carbonyl (C=O) groups excluding carboxylic acids is 1. The van der Waals surface area contributed by atoms with E-state index in [1.165, 1.54) is 0 Å². The molecular formula is C19H18N2O. The van der Waals surface area contributed by atoms with E-state index in [0.29, 0.717) is 6.42 Å². The van der Waals surface area contributed by atoms with Crippen molar-refractivity contribution in [1.82, 2.24) is 10.3 Å². The number of nitrogens with zero attached hydrogens (tertiary/aromatic N) is 1. The molecule has 22 heavy (non-hydrogen) atoms. The maximum atomic E-state index is 12.3. The molecule has 1 heterocycles. The van der Waals surface area contributed by atoms with E-state index in [0.717, 1.165) is 21.9 Å². The molecule has 0 spiro atoms. The molecule has 1 atom stereocenters. The molecule has 0 aliphatic rings. The molecule has 0 fully saturated rings. The molecule has 0 saturated carbocycles. The molecule has 3 aromatic rings. The van der Waals surface area contributed by atoms with Crippen LogP contribution in [0.4, 0.5) is 0 Å². The highest BCUT2D eigenvalue weighted by Crippen LogP contribution is 2.19. The Morgan fingerprint density at radius 1 is 1.05 bits per heavy atom. The van der Waals surface area contributed by atoms with Crippen LogP contribution in [0.15, 0.2) is 67.0 Å². The first-order valence-corrected chi connectivity index (χ1v) is 7.40. The van der Waals surface area contributed by atoms with Crippen LogP contribution in [-0.4, -0.2) is 10.9 Å². The van der Waals surface area contributed by atoms with Crippen molar-refractivity contribution in [2.24, 2.45) is 0 Å². The summed E-state index contributed by atoms with van der Waals surface area (Å²) in [4.78, 5) is 16.3. The molecule has 0 aliphatic heterocycles. The molecule has 3 nitrogen and oxygen atoms in total. The van der Waals surface area contributed by atoms with Gasteiger partial charge in [0.05, 0.1) is 12.5 Å². The fourth-order valence-electron chi connectivity index (χ4n) is 2.65. The van der Waals surface area contributed by atoms with Gasteiger partial charge >= 0.3 is 0 Å². The number of amides is 1. The fourth-order valence-corrected chi connectivity index (χ4v) is 2.65. The Bertz CT molecular complexity index is 778. The minimum Gasteiger partial charge on any atom is -0.349 e. The highest BCUT2D eigenvalue weighted by atomic mass is 16.1. The van der Waals surface area contributed by atoms with E-state index in [4.69, 9.17) is 0 Å². The van der Waals surface area contributed by atoms with Crippen molar-refractivity contribution in [2.45, 2.75) is 19.4 Å². The first-order chi connectivity index (χ1) is 10.7. The average molecular weight is 290 g/mol. The van der Waals surface area contributed by atoms with Gasteiger partial charge in [-0.3, -0.25) is 9.78 Å². The number of hydrogen-bond acceptors (Lipinski definition) is 2. The number of nitrogens with one attached hydrogen (secondary N) is 1. The topological polar surface area (TPSA) is 42.0 Å². The Hall–Kier alpha value is -2.68. The molecule has 0 aliphatic carbocycles. The fraction of sp³-hybridized carbons (Fsp3) is 0.158. The van der Waals surface area contributed by atoms with E-state index < -0.39 is 0 Å². The summed E-state index contributed by atoms with van der Waals surface area (Å²) in [6, 6.07) is 18.0. The summed E-state index contributed by atoms with van der Waals surface area (Å²) in [5, 5.41) is 5.34. The summed E-state index contributed by atoms with van der Waals surface area (Å²) >= 11 is 0. The Morgan fingerprint density at radius 2 is 1.77 bits per heavy atom. The van der Waals surface area contributed by atoms with Crippen LogP contribution in [0.3, 0.4) is 0 Å². The van der Waals surface area contributed by atoms with Crippen LogP contribution in [0.5, 0.6) is 0 Å². The maximum absolute atomic E-state index is 12.3. The Labute approximate surface area is 130 Å². The van der Waals surface area contributed by atoms with Gasteiger partial charge in [-0.15, -0.1) is 0 Å². The van der Waals surface area contributed by atoms with Gasteiger partial charge in [0, 0.05) is 12.4 Å². The van der Waals surface area contributed by atoms with Crippen LogP contribution < -0.4 is 5.32 Å². The van der Waals surface area contributed by atoms with Gasteiger partial charge in [0.1, 0.15) is 0 Å². The average Bonchev–Trinajstić information content (AvgIpc) is 2.56. The van der Waals surface area contributed by atoms with Crippen LogP contribution in [-0.2, 0) is 11.2 Å². The lowest BCUT2D eigenvalue weighted by Gasteiger charge is -2.14. The van der Waals surface area contributed by atoms with Gasteiger partial charge in [-0.05, 0) is 41.0 Å². The first kappa shape index (κ1) is 14.3. The normalized spacial score (nSPS) is 12.0. The number of benzene rings is 2. The lowest BCUT2D eigenvalue weighted by Crippen LogP contribution is -2.28. The number of pyridine rings is 1. The summed E-state index contributed by atoms with van der Waals surface area (Å²) in [6.45, 7) is 1.98. The number of aromatic nitrogens is 1. The first-order valence-electron chi connectivity index (χ1n) is 7.40. The summed E-state index contributed by atoms with van der Waals surface area (Å²) in [6.07, 6.45) is 3.86. The summed E-state index contributed by atoms with van der Waals surface area (Å²) in [5.74, 6) is 0.0284. The zero-order chi connectivity index (χ0) is 15.4. The second-order valence-electron chi connectivity index (χ2n) is 5.38. The summed E-state index contributed by atoms with van der Waals surface area (Å²) in [7, 11) is 0. The SMILES string of the molecule is CC(NC(=O)Cc1cccc2ccccc12)c1ccncc1. The number of rotatable bonds is 4. The van der Waals surface area contributed by atoms with Crippen molar-refractivity contribution in [3.8, 4) is 0 Å². The quantitative estimate of drug-likeness (QED) is 0.797. The Kier molecular flexibility index (Phi) is 4.15. The highest BCUT2D eigenvalue weighted by Gasteiger charge is 2.11. The van der Waals surface area contributed by atoms with Gasteiger partial charge in [0.15, 0.2) is 0 Å². The summed E-state index contributed by atoms with van der Waals surface area (Å²) in [5.41, 5.74) is 2.11. The van der Waals surface area contributed by atoms with Crippen LogP contribution in [0.25, 0.3) is 10.8 Å². The molecule has 3 rings (SSSR count). The molecule has 3 heteroatoms. The van der Waals surface area contributed by atoms with E-state index in [9.17, 15) is 4.79 Å². The third kappa shape index (κ3) is 3.14. The summed E-state index contributed by atoms with van der Waals surface area (Å²) < 4.78 is 0. The van der Waals surface area contributed by atoms with Crippen LogP contribution >= 0.6 is 0 Å². The zero-order valence-corrected chi connectivity index (χ0v) is 12.5. The predicted octanol–water partition coefficient (Wildman–Crippen LogP) is 3.65. The lowest BCUT2D eigenvalue weighted by molar-refractivity contribution is -0.121. The van der Waals surface area contributed by atoms with Gasteiger partial charge in [-0.25, -0.2) is 0 Å². The van der Waals surface area contributed by atoms with E-state index in [1.807, 2.05) is 43.3 Å². The van der Waals surface area contributed by atoms with E-state index >= 15 is 0 Å². The van der Waals surface area contributed by atoms with Crippen LogP contribution in [0.1, 0.15) is 24.1 Å². The second kappa shape index (κ2) is 6.39. The van der Waals surface area contributed by atoms with Gasteiger partial charge in [-0.1, -0.05) is 42.5 Å². The Morgan fingerprint density at radius 3 is 2.59 bits per heavy atom. The molecule has 0 saturated heterocycles. The van der Waals surface area contributed by atoms with Gasteiger partial charge in [0.25, 0.3) is 0 Å². The van der Waals surface area contributed by atoms with Crippen molar-refractivity contribution >= 4 is 16.7 Å². The van der Waals surface area contributed by atoms with Crippen LogP contribution in [0.2, 0.25) is 0 Å². The maximum Gasteiger partial charge on any atom is 0.224 e. The lowest BCUT2D eigenvalue weighted by atomic mass is 10.0. The number of hydrogen-bond donors (Lipinski definition) is 1. The molecule has 2 aromatic carbocycles. The third-order valence-electron chi connectivity index (χ3n) is 3.81. The molecule has 1 unspecified atom stereocenters. The van der Waals surface area contributed by atoms with Gasteiger partial charge in [-0.2, -0.15) is 0 Å². The second-order valence-corrected chi connectivity index (χ2v) is 5.38. The van der Waals surface area contributed by atoms with Crippen molar-refractivity contribution in [3.63, 3.8) is 0 Å². The van der Waals surface area contributed by atoms with Crippen molar-refractivity contribution in [3.05, 3.63) is 78.1 Å². The third-order valence-corrected chi connectivity index (χ3v) is 3.81. The zero-order valence-electron chi connectivity index (χ0n) is 12.5. The van der Waals surface area contributed by atoms with Crippen molar-refractivity contribution in [2.75, 3.05) is 0 Å².